The number of nitrogens with zero attached hydrogens (tertiary/aromatic N) is 2. The first-order valence-corrected chi connectivity index (χ1v) is 11.0. The highest BCUT2D eigenvalue weighted by Gasteiger charge is 2.25. The Morgan fingerprint density at radius 2 is 1.93 bits per heavy atom. The van der Waals surface area contributed by atoms with Crippen molar-refractivity contribution in [2.24, 2.45) is 0 Å². The molecule has 2 heterocycles. The quantitative estimate of drug-likeness (QED) is 0.580. The average molecular weight is 409 g/mol. The zero-order chi connectivity index (χ0) is 20.2. The Morgan fingerprint density at radius 3 is 2.69 bits per heavy atom. The molecule has 0 spiro atoms. The lowest BCUT2D eigenvalue weighted by Gasteiger charge is -2.26. The fourth-order valence-electron chi connectivity index (χ4n) is 4.07. The van der Waals surface area contributed by atoms with Crippen molar-refractivity contribution in [2.75, 3.05) is 20.7 Å². The lowest BCUT2D eigenvalue weighted by Crippen LogP contribution is -2.33. The number of fused-ring (bicyclic) bond motifs is 1. The number of likely N-dealkylation sites (tertiary alicyclic amines) is 1. The number of hydrogen-bond acceptors (Lipinski definition) is 4. The van der Waals surface area contributed by atoms with Crippen molar-refractivity contribution < 1.29 is 9.53 Å². The molecule has 1 aliphatic heterocycles. The van der Waals surface area contributed by atoms with Gasteiger partial charge in [-0.15, -0.1) is 11.3 Å². The summed E-state index contributed by atoms with van der Waals surface area (Å²) >= 11 is 1.87. The number of hydrogen-bond donors (Lipinski definition) is 0. The number of thiophene rings is 1. The fraction of sp³-hybridized carbons (Fsp3) is 0.375. The van der Waals surface area contributed by atoms with E-state index in [1.165, 1.54) is 15.0 Å². The van der Waals surface area contributed by atoms with Gasteiger partial charge in [0.25, 0.3) is 0 Å². The van der Waals surface area contributed by atoms with Crippen molar-refractivity contribution in [3.05, 3.63) is 65.0 Å². The summed E-state index contributed by atoms with van der Waals surface area (Å²) in [5.41, 5.74) is 1.15. The van der Waals surface area contributed by atoms with Crippen LogP contribution in [-0.2, 0) is 17.9 Å². The second-order valence-electron chi connectivity index (χ2n) is 7.81. The van der Waals surface area contributed by atoms with E-state index in [-0.39, 0.29) is 5.91 Å². The highest BCUT2D eigenvalue weighted by Crippen LogP contribution is 2.28. The van der Waals surface area contributed by atoms with Gasteiger partial charge >= 0.3 is 0 Å². The molecule has 0 radical (unpaired) electrons. The van der Waals surface area contributed by atoms with Crippen LogP contribution in [-0.4, -0.2) is 42.5 Å². The first-order valence-electron chi connectivity index (χ1n) is 10.2. The van der Waals surface area contributed by atoms with Crippen LogP contribution in [0.3, 0.4) is 0 Å². The standard InChI is InChI=1S/C24H28N2O2S/c1-25(17-22-15-19-5-3-4-6-23(19)29-22)20-9-12-24(27)26(14-13-20)16-18-7-10-21(28-2)11-8-18/h3-8,10-11,15,20H,9,12-14,16-17H2,1-2H3/t20-/m1/s1. The molecule has 29 heavy (non-hydrogen) atoms. The summed E-state index contributed by atoms with van der Waals surface area (Å²) in [7, 11) is 3.86. The van der Waals surface area contributed by atoms with E-state index in [0.717, 1.165) is 37.2 Å². The normalized spacial score (nSPS) is 17.7. The van der Waals surface area contributed by atoms with Gasteiger partial charge in [0.05, 0.1) is 7.11 Å². The summed E-state index contributed by atoms with van der Waals surface area (Å²) in [6.45, 7) is 2.43. The summed E-state index contributed by atoms with van der Waals surface area (Å²) in [5.74, 6) is 1.11. The van der Waals surface area contributed by atoms with E-state index in [2.05, 4.69) is 42.3 Å². The Hall–Kier alpha value is -2.37. The molecule has 0 unspecified atom stereocenters. The molecule has 1 atom stereocenters. The van der Waals surface area contributed by atoms with E-state index in [1.54, 1.807) is 7.11 Å². The van der Waals surface area contributed by atoms with Crippen LogP contribution >= 0.6 is 11.3 Å². The van der Waals surface area contributed by atoms with Gasteiger partial charge in [0.2, 0.25) is 5.91 Å². The summed E-state index contributed by atoms with van der Waals surface area (Å²) < 4.78 is 6.57. The van der Waals surface area contributed by atoms with Crippen molar-refractivity contribution in [2.45, 2.75) is 38.4 Å². The summed E-state index contributed by atoms with van der Waals surface area (Å²) in [4.78, 5) is 18.5. The van der Waals surface area contributed by atoms with Crippen LogP contribution in [0.25, 0.3) is 10.1 Å². The third-order valence-corrected chi connectivity index (χ3v) is 6.91. The van der Waals surface area contributed by atoms with Gasteiger partial charge in [-0.3, -0.25) is 9.69 Å². The van der Waals surface area contributed by atoms with Crippen molar-refractivity contribution >= 4 is 27.3 Å². The topological polar surface area (TPSA) is 32.8 Å². The van der Waals surface area contributed by atoms with E-state index >= 15 is 0 Å². The van der Waals surface area contributed by atoms with E-state index in [1.807, 2.05) is 40.5 Å². The second-order valence-corrected chi connectivity index (χ2v) is 8.98. The SMILES string of the molecule is COc1ccc(CN2CC[C@H](N(C)Cc3cc4ccccc4s3)CCC2=O)cc1. The number of methoxy groups -OCH3 is 1. The Kier molecular flexibility index (Phi) is 6.16. The molecule has 152 valence electrons. The molecular weight excluding hydrogens is 380 g/mol. The van der Waals surface area contributed by atoms with Gasteiger partial charge in [-0.25, -0.2) is 0 Å². The van der Waals surface area contributed by atoms with E-state index in [9.17, 15) is 4.79 Å². The third-order valence-electron chi connectivity index (χ3n) is 5.81. The molecule has 0 saturated carbocycles. The maximum absolute atomic E-state index is 12.7. The van der Waals surface area contributed by atoms with Crippen LogP contribution in [0.4, 0.5) is 0 Å². The highest BCUT2D eigenvalue weighted by atomic mass is 32.1. The molecule has 1 amide bonds. The molecule has 4 nitrogen and oxygen atoms in total. The Bertz CT molecular complexity index is 933. The predicted octanol–water partition coefficient (Wildman–Crippen LogP) is 4.92. The van der Waals surface area contributed by atoms with Gasteiger partial charge < -0.3 is 9.64 Å². The van der Waals surface area contributed by atoms with Crippen LogP contribution in [0.5, 0.6) is 5.75 Å². The van der Waals surface area contributed by atoms with Crippen molar-refractivity contribution in [1.29, 1.82) is 0 Å². The van der Waals surface area contributed by atoms with E-state index < -0.39 is 0 Å². The largest absolute Gasteiger partial charge is 0.497 e. The number of amides is 1. The fourth-order valence-corrected chi connectivity index (χ4v) is 5.20. The summed E-state index contributed by atoms with van der Waals surface area (Å²) in [6, 6.07) is 19.3. The zero-order valence-corrected chi connectivity index (χ0v) is 18.0. The Labute approximate surface area is 176 Å². The third kappa shape index (κ3) is 4.80. The van der Waals surface area contributed by atoms with Gasteiger partial charge in [0.1, 0.15) is 5.75 Å². The van der Waals surface area contributed by atoms with Gasteiger partial charge in [0.15, 0.2) is 0 Å². The van der Waals surface area contributed by atoms with Crippen molar-refractivity contribution in [3.63, 3.8) is 0 Å². The molecule has 2 aromatic carbocycles. The molecular formula is C24H28N2O2S. The lowest BCUT2D eigenvalue weighted by atomic mass is 10.1. The molecule has 1 saturated heterocycles. The molecule has 1 fully saturated rings. The number of ether oxygens (including phenoxy) is 1. The lowest BCUT2D eigenvalue weighted by molar-refractivity contribution is -0.131. The van der Waals surface area contributed by atoms with Crippen LogP contribution in [0.15, 0.2) is 54.6 Å². The Balaban J connectivity index is 1.36. The molecule has 4 rings (SSSR count). The minimum absolute atomic E-state index is 0.263. The van der Waals surface area contributed by atoms with Crippen LogP contribution in [0.2, 0.25) is 0 Å². The van der Waals surface area contributed by atoms with E-state index in [4.69, 9.17) is 4.74 Å². The molecule has 0 N–H and O–H groups in total. The number of benzene rings is 2. The summed E-state index contributed by atoms with van der Waals surface area (Å²) in [5, 5.41) is 1.32. The smallest absolute Gasteiger partial charge is 0.222 e. The number of carbonyl (C=O) groups excluding carboxylic acids is 1. The second kappa shape index (κ2) is 8.97. The van der Waals surface area contributed by atoms with Gasteiger partial charge in [0, 0.05) is 41.7 Å². The van der Waals surface area contributed by atoms with Crippen molar-refractivity contribution in [1.82, 2.24) is 9.80 Å². The first kappa shape index (κ1) is 19.9. The van der Waals surface area contributed by atoms with Crippen molar-refractivity contribution in [3.8, 4) is 5.75 Å². The van der Waals surface area contributed by atoms with Gasteiger partial charge in [-0.1, -0.05) is 30.3 Å². The summed E-state index contributed by atoms with van der Waals surface area (Å²) in [6.07, 6.45) is 2.57. The molecule has 1 aromatic heterocycles. The van der Waals surface area contributed by atoms with Crippen LogP contribution < -0.4 is 4.74 Å². The Morgan fingerprint density at radius 1 is 1.14 bits per heavy atom. The van der Waals surface area contributed by atoms with Crippen LogP contribution in [0.1, 0.15) is 29.7 Å². The maximum atomic E-state index is 12.7. The molecule has 1 aliphatic rings. The zero-order valence-electron chi connectivity index (χ0n) is 17.1. The maximum Gasteiger partial charge on any atom is 0.222 e. The molecule has 3 aromatic rings. The van der Waals surface area contributed by atoms with Gasteiger partial charge in [-0.2, -0.15) is 0 Å². The van der Waals surface area contributed by atoms with E-state index in [0.29, 0.717) is 19.0 Å². The minimum Gasteiger partial charge on any atom is -0.497 e. The molecule has 0 aliphatic carbocycles. The number of carbonyl (C=O) groups is 1. The highest BCUT2D eigenvalue weighted by molar-refractivity contribution is 7.19. The molecule has 0 bridgehead atoms. The van der Waals surface area contributed by atoms with Crippen LogP contribution in [0, 0.1) is 0 Å². The number of rotatable bonds is 6. The average Bonchev–Trinajstić information content (AvgIpc) is 3.05. The molecule has 5 heteroatoms. The first-order chi connectivity index (χ1) is 14.1. The van der Waals surface area contributed by atoms with Gasteiger partial charge in [-0.05, 0) is 55.1 Å². The minimum atomic E-state index is 0.263. The predicted molar refractivity (Wildman–Crippen MR) is 119 cm³/mol. The monoisotopic (exact) mass is 408 g/mol.